The number of aliphatic hydroxyl groups is 1. The number of aromatic nitrogens is 2. The van der Waals surface area contributed by atoms with Crippen LogP contribution in [-0.2, 0) is 11.3 Å². The summed E-state index contributed by atoms with van der Waals surface area (Å²) < 4.78 is 1.86. The van der Waals surface area contributed by atoms with Crippen molar-refractivity contribution in [1.29, 1.82) is 0 Å². The number of hydrogen-bond acceptors (Lipinski definition) is 3. The molecule has 2 unspecified atom stereocenters. The molecule has 0 spiro atoms. The van der Waals surface area contributed by atoms with Crippen LogP contribution in [0.2, 0.25) is 0 Å². The number of nitrogens with one attached hydrogen (secondary N) is 1. The molecule has 5 nitrogen and oxygen atoms in total. The standard InChI is InChI=1S/C11H19N3O2/c1-9(7-10(2)15)13-11(16)3-5-14-6-4-12-8-14/h4,6,8-10,15H,3,5,7H2,1-2H3,(H,13,16). The maximum Gasteiger partial charge on any atom is 0.222 e. The van der Waals surface area contributed by atoms with Gasteiger partial charge in [0.15, 0.2) is 0 Å². The molecule has 2 N–H and O–H groups in total. The van der Waals surface area contributed by atoms with E-state index < -0.39 is 0 Å². The minimum Gasteiger partial charge on any atom is -0.393 e. The second kappa shape index (κ2) is 6.27. The van der Waals surface area contributed by atoms with Crippen LogP contribution in [0.1, 0.15) is 26.7 Å². The Morgan fingerprint density at radius 1 is 1.56 bits per heavy atom. The lowest BCUT2D eigenvalue weighted by molar-refractivity contribution is -0.122. The molecule has 2 atom stereocenters. The van der Waals surface area contributed by atoms with Gasteiger partial charge in [-0.1, -0.05) is 0 Å². The monoisotopic (exact) mass is 225 g/mol. The van der Waals surface area contributed by atoms with Gasteiger partial charge in [-0.05, 0) is 20.3 Å². The van der Waals surface area contributed by atoms with E-state index in [1.807, 2.05) is 17.7 Å². The summed E-state index contributed by atoms with van der Waals surface area (Å²) in [6.07, 6.45) is 5.83. The first-order valence-corrected chi connectivity index (χ1v) is 5.51. The molecule has 0 bridgehead atoms. The van der Waals surface area contributed by atoms with Gasteiger partial charge in [-0.2, -0.15) is 0 Å². The van der Waals surface area contributed by atoms with Gasteiger partial charge in [0.1, 0.15) is 0 Å². The number of carbonyl (C=O) groups is 1. The zero-order valence-electron chi connectivity index (χ0n) is 9.76. The molecule has 1 heterocycles. The van der Waals surface area contributed by atoms with Gasteiger partial charge < -0.3 is 15.0 Å². The number of aryl methyl sites for hydroxylation is 1. The van der Waals surface area contributed by atoms with Gasteiger partial charge >= 0.3 is 0 Å². The summed E-state index contributed by atoms with van der Waals surface area (Å²) in [5, 5.41) is 12.0. The number of imidazole rings is 1. The number of hydrogen-bond donors (Lipinski definition) is 2. The minimum absolute atomic E-state index is 0.00171. The van der Waals surface area contributed by atoms with Crippen LogP contribution in [0.5, 0.6) is 0 Å². The van der Waals surface area contributed by atoms with Crippen LogP contribution >= 0.6 is 0 Å². The molecule has 0 saturated heterocycles. The van der Waals surface area contributed by atoms with Gasteiger partial charge in [0.05, 0.1) is 12.4 Å². The van der Waals surface area contributed by atoms with Gasteiger partial charge in [0.2, 0.25) is 5.91 Å². The van der Waals surface area contributed by atoms with Crippen molar-refractivity contribution in [3.05, 3.63) is 18.7 Å². The SMILES string of the molecule is CC(O)CC(C)NC(=O)CCn1ccnc1. The number of rotatable bonds is 6. The predicted molar refractivity (Wildman–Crippen MR) is 60.7 cm³/mol. The van der Waals surface area contributed by atoms with Gasteiger partial charge in [-0.25, -0.2) is 4.98 Å². The first-order chi connectivity index (χ1) is 7.58. The Balaban J connectivity index is 2.20. The maximum absolute atomic E-state index is 11.5. The van der Waals surface area contributed by atoms with Gasteiger partial charge in [0, 0.05) is 31.4 Å². The lowest BCUT2D eigenvalue weighted by Gasteiger charge is -2.15. The Morgan fingerprint density at radius 3 is 2.88 bits per heavy atom. The molecule has 0 aliphatic rings. The second-order valence-corrected chi connectivity index (χ2v) is 4.10. The van der Waals surface area contributed by atoms with Crippen molar-refractivity contribution in [2.24, 2.45) is 0 Å². The molecule has 0 fully saturated rings. The third-order valence-electron chi connectivity index (χ3n) is 2.26. The molecule has 0 aliphatic heterocycles. The fourth-order valence-corrected chi connectivity index (χ4v) is 1.57. The predicted octanol–water partition coefficient (Wildman–Crippen LogP) is 0.549. The Labute approximate surface area is 95.5 Å². The van der Waals surface area contributed by atoms with E-state index in [4.69, 9.17) is 5.11 Å². The topological polar surface area (TPSA) is 67.2 Å². The number of amides is 1. The molecular formula is C11H19N3O2. The first-order valence-electron chi connectivity index (χ1n) is 5.51. The van der Waals surface area contributed by atoms with Crippen LogP contribution in [0, 0.1) is 0 Å². The zero-order chi connectivity index (χ0) is 12.0. The van der Waals surface area contributed by atoms with Crippen molar-refractivity contribution in [3.8, 4) is 0 Å². The highest BCUT2D eigenvalue weighted by molar-refractivity contribution is 5.76. The summed E-state index contributed by atoms with van der Waals surface area (Å²) in [6, 6.07) is 0.00953. The van der Waals surface area contributed by atoms with Crippen LogP contribution in [0.15, 0.2) is 18.7 Å². The lowest BCUT2D eigenvalue weighted by Crippen LogP contribution is -2.35. The van der Waals surface area contributed by atoms with Crippen molar-refractivity contribution < 1.29 is 9.90 Å². The van der Waals surface area contributed by atoms with E-state index in [-0.39, 0.29) is 18.1 Å². The highest BCUT2D eigenvalue weighted by Crippen LogP contribution is 1.98. The summed E-state index contributed by atoms with van der Waals surface area (Å²) in [4.78, 5) is 15.4. The largest absolute Gasteiger partial charge is 0.393 e. The molecule has 0 aromatic carbocycles. The number of aliphatic hydroxyl groups excluding tert-OH is 1. The third kappa shape index (κ3) is 4.93. The Kier molecular flexibility index (Phi) is 4.98. The fourth-order valence-electron chi connectivity index (χ4n) is 1.57. The number of nitrogens with zero attached hydrogens (tertiary/aromatic N) is 2. The lowest BCUT2D eigenvalue weighted by atomic mass is 10.1. The van der Waals surface area contributed by atoms with Gasteiger partial charge in [0.25, 0.3) is 0 Å². The molecule has 0 aliphatic carbocycles. The molecule has 1 aromatic heterocycles. The quantitative estimate of drug-likeness (QED) is 0.743. The molecule has 1 rings (SSSR count). The molecule has 5 heteroatoms. The summed E-state index contributed by atoms with van der Waals surface area (Å²) in [7, 11) is 0. The minimum atomic E-state index is -0.385. The molecule has 1 aromatic rings. The normalized spacial score (nSPS) is 14.4. The smallest absolute Gasteiger partial charge is 0.222 e. The van der Waals surface area contributed by atoms with Crippen LogP contribution in [0.4, 0.5) is 0 Å². The van der Waals surface area contributed by atoms with Gasteiger partial charge in [-0.15, -0.1) is 0 Å². The molecule has 16 heavy (non-hydrogen) atoms. The Morgan fingerprint density at radius 2 is 2.31 bits per heavy atom. The Bertz CT molecular complexity index is 309. The van der Waals surface area contributed by atoms with Crippen LogP contribution in [0.3, 0.4) is 0 Å². The van der Waals surface area contributed by atoms with Crippen molar-refractivity contribution in [1.82, 2.24) is 14.9 Å². The maximum atomic E-state index is 11.5. The first kappa shape index (κ1) is 12.7. The van der Waals surface area contributed by atoms with Crippen LogP contribution in [0.25, 0.3) is 0 Å². The van der Waals surface area contributed by atoms with Crippen molar-refractivity contribution >= 4 is 5.91 Å². The summed E-state index contributed by atoms with van der Waals surface area (Å²) >= 11 is 0. The summed E-state index contributed by atoms with van der Waals surface area (Å²) in [5.41, 5.74) is 0. The van der Waals surface area contributed by atoms with E-state index >= 15 is 0 Å². The average molecular weight is 225 g/mol. The van der Waals surface area contributed by atoms with Crippen LogP contribution < -0.4 is 5.32 Å². The third-order valence-corrected chi connectivity index (χ3v) is 2.26. The number of carbonyl (C=O) groups excluding carboxylic acids is 1. The van der Waals surface area contributed by atoms with E-state index in [0.29, 0.717) is 19.4 Å². The van der Waals surface area contributed by atoms with Gasteiger partial charge in [-0.3, -0.25) is 4.79 Å². The second-order valence-electron chi connectivity index (χ2n) is 4.10. The fraction of sp³-hybridized carbons (Fsp3) is 0.636. The van der Waals surface area contributed by atoms with Crippen LogP contribution in [-0.4, -0.2) is 32.7 Å². The molecule has 90 valence electrons. The van der Waals surface area contributed by atoms with E-state index in [2.05, 4.69) is 10.3 Å². The molecule has 0 saturated carbocycles. The molecule has 1 amide bonds. The van der Waals surface area contributed by atoms with Crippen molar-refractivity contribution in [3.63, 3.8) is 0 Å². The summed E-state index contributed by atoms with van der Waals surface area (Å²) in [5.74, 6) is 0.00171. The Hall–Kier alpha value is -1.36. The highest BCUT2D eigenvalue weighted by Gasteiger charge is 2.09. The molecule has 0 radical (unpaired) electrons. The average Bonchev–Trinajstić information content (AvgIpc) is 2.65. The van der Waals surface area contributed by atoms with E-state index in [1.165, 1.54) is 0 Å². The molecular weight excluding hydrogens is 206 g/mol. The summed E-state index contributed by atoms with van der Waals surface area (Å²) in [6.45, 7) is 4.24. The van der Waals surface area contributed by atoms with E-state index in [1.54, 1.807) is 19.4 Å². The zero-order valence-corrected chi connectivity index (χ0v) is 9.76. The van der Waals surface area contributed by atoms with E-state index in [0.717, 1.165) is 0 Å². The highest BCUT2D eigenvalue weighted by atomic mass is 16.3. The van der Waals surface area contributed by atoms with Crippen molar-refractivity contribution in [2.45, 2.75) is 45.4 Å². The van der Waals surface area contributed by atoms with Crippen molar-refractivity contribution in [2.75, 3.05) is 0 Å². The van der Waals surface area contributed by atoms with E-state index in [9.17, 15) is 4.79 Å².